The third-order valence-corrected chi connectivity index (χ3v) is 8.10. The van der Waals surface area contributed by atoms with Crippen molar-refractivity contribution >= 4 is 49.0 Å². The van der Waals surface area contributed by atoms with Crippen molar-refractivity contribution in [1.82, 2.24) is 8.72 Å². The summed E-state index contributed by atoms with van der Waals surface area (Å²) in [5, 5.41) is 20.7. The standard InChI is InChI=1S/C29H40FN7OS2/c1-6-13-29(21-31,15-9-16-38-5)14-8-12-24-18-27(37(39)40-30)36-28(4,34-24)26(20-33-36)23(3)19-32-35-25-11-7-10-22(2)17-25/h7,10-11,17-20,26,35,39H,3,6,8-9,12-16H2,1-2,4-5H3/b32-19-. The number of nitrogens with one attached hydrogen (secondary N) is 1. The fourth-order valence-electron chi connectivity index (χ4n) is 5.38. The van der Waals surface area contributed by atoms with Crippen molar-refractivity contribution in [2.24, 2.45) is 26.5 Å². The van der Waals surface area contributed by atoms with Crippen LogP contribution in [-0.2, 0) is 4.74 Å². The number of halogens is 1. The fourth-order valence-corrected chi connectivity index (χ4v) is 5.72. The minimum Gasteiger partial charge on any atom is -0.385 e. The zero-order chi connectivity index (χ0) is 29.2. The van der Waals surface area contributed by atoms with E-state index >= 15 is 0 Å². The summed E-state index contributed by atoms with van der Waals surface area (Å²) in [5.74, 6) is 0.179. The van der Waals surface area contributed by atoms with Gasteiger partial charge in [-0.1, -0.05) is 44.9 Å². The largest absolute Gasteiger partial charge is 0.385 e. The van der Waals surface area contributed by atoms with E-state index in [2.05, 4.69) is 48.0 Å². The molecular weight excluding hydrogens is 545 g/mol. The number of anilines is 1. The van der Waals surface area contributed by atoms with E-state index in [4.69, 9.17) is 9.73 Å². The first kappa shape index (κ1) is 31.7. The molecule has 0 fully saturated rings. The second-order valence-electron chi connectivity index (χ2n) is 10.5. The number of hydrogen-bond acceptors (Lipinski definition) is 10. The molecule has 40 heavy (non-hydrogen) atoms. The van der Waals surface area contributed by atoms with Crippen LogP contribution in [0.25, 0.3) is 0 Å². The topological polar surface area (TPSA) is 88.6 Å². The SMILES string of the molecule is C=C(/C=N\Nc1cccc(C)c1)C1C=NN2C(N(S)SF)=CC(CCCC(C#N)(CCC)CCCOC)=NC12C. The molecule has 1 aromatic rings. The van der Waals surface area contributed by atoms with Crippen molar-refractivity contribution in [3.8, 4) is 6.07 Å². The highest BCUT2D eigenvalue weighted by molar-refractivity contribution is 8.02. The number of benzene rings is 1. The zero-order valence-electron chi connectivity index (χ0n) is 23.8. The number of ether oxygens (including phenoxy) is 1. The smallest absolute Gasteiger partial charge is 0.177 e. The lowest BCUT2D eigenvalue weighted by molar-refractivity contribution is 0.145. The number of hydrogen-bond donors (Lipinski definition) is 2. The van der Waals surface area contributed by atoms with Gasteiger partial charge >= 0.3 is 0 Å². The number of fused-ring (bicyclic) bond motifs is 1. The number of allylic oxidation sites excluding steroid dienone is 1. The Kier molecular flexibility index (Phi) is 11.7. The summed E-state index contributed by atoms with van der Waals surface area (Å²) < 4.78 is 20.1. The summed E-state index contributed by atoms with van der Waals surface area (Å²) in [6, 6.07) is 10.5. The van der Waals surface area contributed by atoms with E-state index < -0.39 is 5.66 Å². The van der Waals surface area contributed by atoms with Gasteiger partial charge in [0, 0.05) is 31.7 Å². The average molecular weight is 586 g/mol. The summed E-state index contributed by atoms with van der Waals surface area (Å²) >= 11 is 4.31. The van der Waals surface area contributed by atoms with E-state index in [9.17, 15) is 9.15 Å². The van der Waals surface area contributed by atoms with Crippen LogP contribution in [-0.4, -0.2) is 46.2 Å². The normalized spacial score (nSPS) is 21.4. The second-order valence-corrected chi connectivity index (χ2v) is 11.7. The Balaban J connectivity index is 1.77. The maximum absolute atomic E-state index is 13.7. The van der Waals surface area contributed by atoms with Crippen LogP contribution in [0.5, 0.6) is 0 Å². The number of rotatable bonds is 16. The Morgan fingerprint density at radius 1 is 1.43 bits per heavy atom. The third kappa shape index (κ3) is 7.68. The van der Waals surface area contributed by atoms with Crippen LogP contribution in [0.15, 0.2) is 63.5 Å². The van der Waals surface area contributed by atoms with Gasteiger partial charge in [0.05, 0.1) is 29.3 Å². The average Bonchev–Trinajstić information content (AvgIpc) is 3.29. The Labute approximate surface area is 248 Å². The number of aliphatic imine (C=N–C) groups is 1. The Morgan fingerprint density at radius 2 is 2.20 bits per heavy atom. The van der Waals surface area contributed by atoms with Crippen molar-refractivity contribution in [1.29, 1.82) is 5.26 Å². The number of thiol groups is 1. The van der Waals surface area contributed by atoms with Gasteiger partial charge in [0.25, 0.3) is 0 Å². The number of nitrogens with zero attached hydrogens (tertiary/aromatic N) is 6. The van der Waals surface area contributed by atoms with E-state index in [1.807, 2.05) is 44.2 Å². The molecule has 0 aromatic heterocycles. The van der Waals surface area contributed by atoms with E-state index in [0.717, 1.165) is 59.2 Å². The summed E-state index contributed by atoms with van der Waals surface area (Å²) in [6.45, 7) is 11.0. The molecule has 8 nitrogen and oxygen atoms in total. The van der Waals surface area contributed by atoms with Crippen LogP contribution in [0.3, 0.4) is 0 Å². The van der Waals surface area contributed by atoms with Crippen LogP contribution in [0, 0.1) is 29.6 Å². The zero-order valence-corrected chi connectivity index (χ0v) is 25.5. The first-order valence-electron chi connectivity index (χ1n) is 13.6. The van der Waals surface area contributed by atoms with Crippen molar-refractivity contribution in [2.75, 3.05) is 19.1 Å². The molecule has 1 N–H and O–H groups in total. The second kappa shape index (κ2) is 14.7. The fraction of sp³-hybridized carbons (Fsp3) is 0.517. The molecular formula is C29H40FN7OS2. The van der Waals surface area contributed by atoms with Crippen LogP contribution in [0.2, 0.25) is 0 Å². The van der Waals surface area contributed by atoms with Gasteiger partial charge in [0.15, 0.2) is 23.8 Å². The molecule has 0 bridgehead atoms. The van der Waals surface area contributed by atoms with Crippen molar-refractivity contribution in [3.05, 3.63) is 53.9 Å². The lowest BCUT2D eigenvalue weighted by Crippen LogP contribution is -2.48. The number of methoxy groups -OCH3 is 1. The van der Waals surface area contributed by atoms with Gasteiger partial charge < -0.3 is 4.74 Å². The summed E-state index contributed by atoms with van der Waals surface area (Å²) in [4.78, 5) is 5.09. The minimum absolute atomic E-state index is 0.00223. The molecule has 0 spiro atoms. The molecule has 0 aliphatic carbocycles. The summed E-state index contributed by atoms with van der Waals surface area (Å²) in [6.07, 6.45) is 10.9. The summed E-state index contributed by atoms with van der Waals surface area (Å²) in [5.41, 5.74) is 5.32. The van der Waals surface area contributed by atoms with Gasteiger partial charge in [-0.2, -0.15) is 15.5 Å². The van der Waals surface area contributed by atoms with Crippen LogP contribution in [0.4, 0.5) is 9.57 Å². The molecule has 0 saturated carbocycles. The third-order valence-electron chi connectivity index (χ3n) is 7.39. The van der Waals surface area contributed by atoms with E-state index in [1.54, 1.807) is 24.5 Å². The van der Waals surface area contributed by atoms with Crippen LogP contribution in [0.1, 0.15) is 64.4 Å². The molecule has 0 saturated heterocycles. The van der Waals surface area contributed by atoms with Crippen molar-refractivity contribution in [3.63, 3.8) is 0 Å². The molecule has 3 atom stereocenters. The van der Waals surface area contributed by atoms with E-state index in [1.165, 1.54) is 0 Å². The predicted molar refractivity (Wildman–Crippen MR) is 168 cm³/mol. The molecule has 0 amide bonds. The summed E-state index contributed by atoms with van der Waals surface area (Å²) in [7, 11) is 1.69. The van der Waals surface area contributed by atoms with Crippen molar-refractivity contribution < 1.29 is 8.62 Å². The number of nitriles is 1. The molecule has 2 aliphatic heterocycles. The van der Waals surface area contributed by atoms with Gasteiger partial charge in [-0.3, -0.25) is 10.4 Å². The lowest BCUT2D eigenvalue weighted by Gasteiger charge is -2.40. The number of aryl methyl sites for hydroxylation is 1. The van der Waals surface area contributed by atoms with Gasteiger partial charge in [-0.05, 0) is 75.6 Å². The van der Waals surface area contributed by atoms with Crippen LogP contribution < -0.4 is 5.43 Å². The van der Waals surface area contributed by atoms with E-state index in [0.29, 0.717) is 24.4 Å². The van der Waals surface area contributed by atoms with Gasteiger partial charge in [0.2, 0.25) is 0 Å². The molecule has 2 aliphatic rings. The quantitative estimate of drug-likeness (QED) is 0.0688. The monoisotopic (exact) mass is 585 g/mol. The molecule has 3 rings (SSSR count). The first-order valence-corrected chi connectivity index (χ1v) is 14.7. The van der Waals surface area contributed by atoms with E-state index in [-0.39, 0.29) is 23.7 Å². The van der Waals surface area contributed by atoms with Crippen molar-refractivity contribution in [2.45, 2.75) is 71.4 Å². The van der Waals surface area contributed by atoms with Crippen LogP contribution >= 0.6 is 25.1 Å². The highest BCUT2D eigenvalue weighted by Crippen LogP contribution is 2.43. The Bertz CT molecular complexity index is 1200. The first-order chi connectivity index (χ1) is 19.2. The van der Waals surface area contributed by atoms with Gasteiger partial charge in [-0.15, -0.1) is 3.89 Å². The Morgan fingerprint density at radius 3 is 2.88 bits per heavy atom. The molecule has 3 unspecified atom stereocenters. The molecule has 11 heteroatoms. The number of hydrazone groups is 2. The molecule has 1 aromatic carbocycles. The Hall–Kier alpha value is -2.81. The van der Waals surface area contributed by atoms with Gasteiger partial charge in [0.1, 0.15) is 0 Å². The highest BCUT2D eigenvalue weighted by Gasteiger charge is 2.48. The lowest BCUT2D eigenvalue weighted by atomic mass is 9.76. The predicted octanol–water partition coefficient (Wildman–Crippen LogP) is 7.47. The molecule has 2 heterocycles. The molecule has 0 radical (unpaired) electrons. The maximum atomic E-state index is 13.7. The molecule has 216 valence electrons. The minimum atomic E-state index is -0.864. The highest BCUT2D eigenvalue weighted by atomic mass is 32.2. The van der Waals surface area contributed by atoms with Gasteiger partial charge in [-0.25, -0.2) is 8.72 Å². The maximum Gasteiger partial charge on any atom is 0.177 e.